The average molecular weight is 779 g/mol. The van der Waals surface area contributed by atoms with E-state index in [1.54, 1.807) is 0 Å². The largest absolute Gasteiger partial charge is 0.454 e. The number of nitrogens with zero attached hydrogens (tertiary/aromatic N) is 2. The third kappa shape index (κ3) is 5.41. The van der Waals surface area contributed by atoms with Crippen molar-refractivity contribution in [3.8, 4) is 33.4 Å². The Morgan fingerprint density at radius 2 is 1.02 bits per heavy atom. The van der Waals surface area contributed by atoms with E-state index in [0.717, 1.165) is 66.5 Å². The normalized spacial score (nSPS) is 12.7. The van der Waals surface area contributed by atoms with Crippen molar-refractivity contribution in [1.82, 2.24) is 4.98 Å². The molecule has 0 spiro atoms. The molecule has 0 saturated heterocycles. The maximum absolute atomic E-state index is 6.78. The monoisotopic (exact) mass is 778 g/mol. The van der Waals surface area contributed by atoms with E-state index in [2.05, 4.69) is 223 Å². The van der Waals surface area contributed by atoms with Gasteiger partial charge in [-0.1, -0.05) is 188 Å². The summed E-state index contributed by atoms with van der Waals surface area (Å²) in [5.41, 5.74) is 16.1. The van der Waals surface area contributed by atoms with Crippen LogP contribution in [0.2, 0.25) is 0 Å². The summed E-state index contributed by atoms with van der Waals surface area (Å²) in [5, 5.41) is 4.29. The van der Waals surface area contributed by atoms with Gasteiger partial charge in [-0.05, 0) is 85.8 Å². The molecule has 0 aliphatic heterocycles. The van der Waals surface area contributed by atoms with Gasteiger partial charge in [0.2, 0.25) is 0 Å². The molecule has 0 amide bonds. The molecule has 0 radical (unpaired) electrons. The molecule has 61 heavy (non-hydrogen) atoms. The lowest BCUT2D eigenvalue weighted by Crippen LogP contribution is -2.28. The fraction of sp³-hybridized carbons (Fsp3) is 0.0172. The molecule has 1 aliphatic carbocycles. The lowest BCUT2D eigenvalue weighted by Gasteiger charge is -2.35. The van der Waals surface area contributed by atoms with E-state index in [1.165, 1.54) is 38.9 Å². The molecule has 11 aromatic rings. The van der Waals surface area contributed by atoms with E-state index < -0.39 is 5.41 Å². The molecule has 2 aromatic heterocycles. The summed E-state index contributed by atoms with van der Waals surface area (Å²) in [6.45, 7) is 0. The fourth-order valence-corrected chi connectivity index (χ4v) is 9.96. The summed E-state index contributed by atoms with van der Waals surface area (Å²) in [6.07, 6.45) is 3.86. The van der Waals surface area contributed by atoms with Crippen molar-refractivity contribution in [3.05, 3.63) is 253 Å². The number of hydrogen-bond donors (Lipinski definition) is 0. The van der Waals surface area contributed by atoms with Crippen LogP contribution in [0.25, 0.3) is 66.1 Å². The second-order valence-electron chi connectivity index (χ2n) is 15.9. The Labute approximate surface area is 354 Å². The van der Waals surface area contributed by atoms with Gasteiger partial charge in [0.1, 0.15) is 5.58 Å². The molecule has 0 bridgehead atoms. The van der Waals surface area contributed by atoms with Gasteiger partial charge in [0.15, 0.2) is 5.58 Å². The quantitative estimate of drug-likeness (QED) is 0.161. The number of hydrogen-bond acceptors (Lipinski definition) is 3. The highest BCUT2D eigenvalue weighted by atomic mass is 16.3. The minimum Gasteiger partial charge on any atom is -0.454 e. The number of pyridine rings is 1. The minimum absolute atomic E-state index is 0.554. The lowest BCUT2D eigenvalue weighted by molar-refractivity contribution is 0.670. The average Bonchev–Trinajstić information content (AvgIpc) is 3.87. The van der Waals surface area contributed by atoms with Crippen LogP contribution in [0.5, 0.6) is 0 Å². The molecule has 1 aliphatic rings. The molecule has 3 heteroatoms. The van der Waals surface area contributed by atoms with Crippen molar-refractivity contribution in [2.24, 2.45) is 0 Å². The van der Waals surface area contributed by atoms with Gasteiger partial charge in [-0.2, -0.15) is 0 Å². The van der Waals surface area contributed by atoms with Crippen LogP contribution in [0.15, 0.2) is 235 Å². The van der Waals surface area contributed by atoms with Gasteiger partial charge in [-0.15, -0.1) is 0 Å². The number of fused-ring (bicyclic) bond motifs is 8. The van der Waals surface area contributed by atoms with Crippen molar-refractivity contribution >= 4 is 49.8 Å². The number of aromatic nitrogens is 1. The predicted octanol–water partition coefficient (Wildman–Crippen LogP) is 15.3. The molecule has 286 valence electrons. The first-order valence-electron chi connectivity index (χ1n) is 20.9. The molecule has 9 aromatic carbocycles. The highest BCUT2D eigenvalue weighted by Gasteiger charge is 2.46. The Hall–Kier alpha value is -8.01. The first-order chi connectivity index (χ1) is 30.3. The smallest absolute Gasteiger partial charge is 0.155 e. The summed E-state index contributed by atoms with van der Waals surface area (Å²) in [6, 6.07) is 79.1. The van der Waals surface area contributed by atoms with E-state index in [9.17, 15) is 0 Å². The first-order valence-corrected chi connectivity index (χ1v) is 20.9. The van der Waals surface area contributed by atoms with Gasteiger partial charge >= 0.3 is 0 Å². The van der Waals surface area contributed by atoms with E-state index in [1.807, 2.05) is 12.4 Å². The summed E-state index contributed by atoms with van der Waals surface area (Å²) in [5.74, 6) is 0. The SMILES string of the molecule is c1ccc(-c2ccc(N(c3cc4c(cc3-c3ccccc3)C(c3ccccc3)(c3ccccc3)c3ccccc3-4)c3cncc4oc5c6ccccc6ccc5c34)cc2)cc1. The maximum atomic E-state index is 6.78. The lowest BCUT2D eigenvalue weighted by atomic mass is 9.67. The van der Waals surface area contributed by atoms with Crippen LogP contribution in [-0.2, 0) is 5.41 Å². The molecule has 0 unspecified atom stereocenters. The zero-order valence-electron chi connectivity index (χ0n) is 33.2. The van der Waals surface area contributed by atoms with Gasteiger partial charge < -0.3 is 9.32 Å². The predicted molar refractivity (Wildman–Crippen MR) is 252 cm³/mol. The molecule has 0 N–H and O–H groups in total. The third-order valence-electron chi connectivity index (χ3n) is 12.6. The van der Waals surface area contributed by atoms with E-state index in [4.69, 9.17) is 9.40 Å². The summed E-state index contributed by atoms with van der Waals surface area (Å²) in [4.78, 5) is 7.31. The van der Waals surface area contributed by atoms with Gasteiger partial charge in [-0.25, -0.2) is 0 Å². The van der Waals surface area contributed by atoms with Crippen molar-refractivity contribution in [2.45, 2.75) is 5.41 Å². The van der Waals surface area contributed by atoms with Gasteiger partial charge in [0.25, 0.3) is 0 Å². The molecule has 0 fully saturated rings. The molecule has 0 saturated carbocycles. The number of benzene rings is 9. The van der Waals surface area contributed by atoms with Gasteiger partial charge in [0.05, 0.1) is 34.6 Å². The van der Waals surface area contributed by atoms with E-state index in [0.29, 0.717) is 0 Å². The highest BCUT2D eigenvalue weighted by molar-refractivity contribution is 6.19. The molecular weight excluding hydrogens is 741 g/mol. The molecular formula is C58H38N2O. The highest BCUT2D eigenvalue weighted by Crippen LogP contribution is 2.59. The van der Waals surface area contributed by atoms with Crippen molar-refractivity contribution in [1.29, 1.82) is 0 Å². The minimum atomic E-state index is -0.554. The van der Waals surface area contributed by atoms with Crippen LogP contribution >= 0.6 is 0 Å². The standard InChI is InChI=1S/C58H38N2O/c1-5-17-39(18-6-1)40-29-32-45(33-30-40)60(54-37-59-38-55-56(54)48-34-31-42-21-13-14-26-46(42)57(48)61-55)53-36-50-47-27-15-16-28-51(47)58(43-22-9-3-10-23-43,44-24-11-4-12-25-44)52(50)35-49(53)41-19-7-2-8-20-41/h1-38H. The number of anilines is 3. The number of rotatable bonds is 7. The van der Waals surface area contributed by atoms with Crippen LogP contribution in [0.1, 0.15) is 22.3 Å². The van der Waals surface area contributed by atoms with Crippen molar-refractivity contribution < 1.29 is 4.42 Å². The zero-order chi connectivity index (χ0) is 40.3. The number of furan rings is 1. The summed E-state index contributed by atoms with van der Waals surface area (Å²) >= 11 is 0. The topological polar surface area (TPSA) is 29.3 Å². The molecule has 3 nitrogen and oxygen atoms in total. The Balaban J connectivity index is 1.20. The molecule has 2 heterocycles. The van der Waals surface area contributed by atoms with Gasteiger partial charge in [0, 0.05) is 22.0 Å². The maximum Gasteiger partial charge on any atom is 0.155 e. The first kappa shape index (κ1) is 35.0. The van der Waals surface area contributed by atoms with Crippen LogP contribution in [-0.4, -0.2) is 4.98 Å². The van der Waals surface area contributed by atoms with Crippen LogP contribution in [0.4, 0.5) is 17.1 Å². The van der Waals surface area contributed by atoms with E-state index in [-0.39, 0.29) is 0 Å². The molecule has 0 atom stereocenters. The second-order valence-corrected chi connectivity index (χ2v) is 15.9. The Morgan fingerprint density at radius 3 is 1.74 bits per heavy atom. The fourth-order valence-electron chi connectivity index (χ4n) is 9.96. The van der Waals surface area contributed by atoms with E-state index >= 15 is 0 Å². The van der Waals surface area contributed by atoms with Crippen LogP contribution in [0.3, 0.4) is 0 Å². The second kappa shape index (κ2) is 14.1. The van der Waals surface area contributed by atoms with Crippen molar-refractivity contribution in [2.75, 3.05) is 4.90 Å². The van der Waals surface area contributed by atoms with Crippen LogP contribution < -0.4 is 4.90 Å². The molecule has 12 rings (SSSR count). The van der Waals surface area contributed by atoms with Crippen molar-refractivity contribution in [3.63, 3.8) is 0 Å². The Kier molecular flexibility index (Phi) is 8.07. The Bertz CT molecular complexity index is 3350. The van der Waals surface area contributed by atoms with Gasteiger partial charge in [-0.3, -0.25) is 4.98 Å². The zero-order valence-corrected chi connectivity index (χ0v) is 33.2. The summed E-state index contributed by atoms with van der Waals surface area (Å²) < 4.78 is 6.78. The Morgan fingerprint density at radius 1 is 0.410 bits per heavy atom. The summed E-state index contributed by atoms with van der Waals surface area (Å²) in [7, 11) is 0. The third-order valence-corrected chi connectivity index (χ3v) is 12.6. The van der Waals surface area contributed by atoms with Crippen LogP contribution in [0, 0.1) is 0 Å².